The molecule has 178 valence electrons. The van der Waals surface area contributed by atoms with Gasteiger partial charge in [0.2, 0.25) is 21.8 Å². The Balaban J connectivity index is 1.27. The maximum atomic E-state index is 13.2. The number of carbonyl (C=O) groups excluding carboxylic acids is 2. The van der Waals surface area contributed by atoms with Crippen molar-refractivity contribution in [3.8, 4) is 0 Å². The second-order valence-corrected chi connectivity index (χ2v) is 10.7. The maximum absolute atomic E-state index is 13.2. The number of piperazine rings is 1. The Bertz CT molecular complexity index is 1350. The van der Waals surface area contributed by atoms with Gasteiger partial charge in [-0.1, -0.05) is 41.6 Å². The van der Waals surface area contributed by atoms with Crippen molar-refractivity contribution in [3.05, 3.63) is 53.9 Å². The van der Waals surface area contributed by atoms with Gasteiger partial charge < -0.3 is 14.3 Å². The first-order valence-corrected chi connectivity index (χ1v) is 12.7. The molecular weight excluding hydrogens is 456 g/mol. The molecule has 5 rings (SSSR count). The van der Waals surface area contributed by atoms with Crippen LogP contribution < -0.4 is 4.90 Å². The zero-order valence-corrected chi connectivity index (χ0v) is 19.9. The molecule has 2 aliphatic rings. The van der Waals surface area contributed by atoms with Crippen molar-refractivity contribution >= 4 is 38.3 Å². The standard InChI is InChI=1S/C24H26N4O5S/c1-16-23(17(2)33-25-16)34(31,32)27-12-10-26(11-13-27)24(30)19-14-22(29)28(15-19)21-9-5-7-18-6-3-4-8-20(18)21/h3-9,19H,10-15H2,1-2H3/t19-/m0/s1. The molecule has 10 heteroatoms. The molecular formula is C24H26N4O5S. The van der Waals surface area contributed by atoms with E-state index in [-0.39, 0.29) is 55.1 Å². The van der Waals surface area contributed by atoms with Crippen molar-refractivity contribution in [2.24, 2.45) is 5.92 Å². The quantitative estimate of drug-likeness (QED) is 0.565. The van der Waals surface area contributed by atoms with Gasteiger partial charge in [0.15, 0.2) is 5.76 Å². The molecule has 0 unspecified atom stereocenters. The van der Waals surface area contributed by atoms with Gasteiger partial charge in [-0.3, -0.25) is 9.59 Å². The first kappa shape index (κ1) is 22.5. The third-order valence-electron chi connectivity index (χ3n) is 6.65. The molecule has 2 saturated heterocycles. The van der Waals surface area contributed by atoms with Crippen LogP contribution in [0.5, 0.6) is 0 Å². The molecule has 0 spiro atoms. The molecule has 0 aliphatic carbocycles. The van der Waals surface area contributed by atoms with Crippen molar-refractivity contribution in [1.82, 2.24) is 14.4 Å². The van der Waals surface area contributed by atoms with Crippen LogP contribution in [-0.2, 0) is 19.6 Å². The number of hydrogen-bond donors (Lipinski definition) is 0. The molecule has 9 nitrogen and oxygen atoms in total. The smallest absolute Gasteiger partial charge is 0.248 e. The minimum atomic E-state index is -3.75. The minimum absolute atomic E-state index is 0.0747. The molecule has 3 heterocycles. The number of benzene rings is 2. The van der Waals surface area contributed by atoms with Gasteiger partial charge in [-0.15, -0.1) is 0 Å². The van der Waals surface area contributed by atoms with Crippen molar-refractivity contribution in [3.63, 3.8) is 0 Å². The lowest BCUT2D eigenvalue weighted by Crippen LogP contribution is -2.52. The van der Waals surface area contributed by atoms with Gasteiger partial charge in [0, 0.05) is 44.5 Å². The molecule has 0 saturated carbocycles. The zero-order valence-electron chi connectivity index (χ0n) is 19.1. The first-order valence-electron chi connectivity index (χ1n) is 11.3. The summed E-state index contributed by atoms with van der Waals surface area (Å²) in [5.41, 5.74) is 1.14. The van der Waals surface area contributed by atoms with Crippen molar-refractivity contribution in [2.45, 2.75) is 25.2 Å². The van der Waals surface area contributed by atoms with E-state index in [1.807, 2.05) is 42.5 Å². The molecule has 0 bridgehead atoms. The van der Waals surface area contributed by atoms with Gasteiger partial charge >= 0.3 is 0 Å². The molecule has 0 radical (unpaired) electrons. The molecule has 1 atom stereocenters. The Labute approximate surface area is 198 Å². The lowest BCUT2D eigenvalue weighted by Gasteiger charge is -2.35. The minimum Gasteiger partial charge on any atom is -0.360 e. The fraction of sp³-hybridized carbons (Fsp3) is 0.375. The summed E-state index contributed by atoms with van der Waals surface area (Å²) in [6, 6.07) is 13.7. The number of hydrogen-bond acceptors (Lipinski definition) is 6. The van der Waals surface area contributed by atoms with Gasteiger partial charge in [0.25, 0.3) is 0 Å². The van der Waals surface area contributed by atoms with Crippen LogP contribution in [0.4, 0.5) is 5.69 Å². The maximum Gasteiger partial charge on any atom is 0.248 e. The third-order valence-corrected chi connectivity index (χ3v) is 8.79. The average Bonchev–Trinajstić information content (AvgIpc) is 3.39. The number of aryl methyl sites for hydroxylation is 2. The van der Waals surface area contributed by atoms with E-state index in [1.54, 1.807) is 23.6 Å². The van der Waals surface area contributed by atoms with Crippen molar-refractivity contribution in [1.29, 1.82) is 0 Å². The summed E-state index contributed by atoms with van der Waals surface area (Å²) in [7, 11) is -3.75. The summed E-state index contributed by atoms with van der Waals surface area (Å²) in [4.78, 5) is 29.5. The van der Waals surface area contributed by atoms with E-state index in [4.69, 9.17) is 4.52 Å². The summed E-state index contributed by atoms with van der Waals surface area (Å²) >= 11 is 0. The van der Waals surface area contributed by atoms with Crippen LogP contribution in [0.2, 0.25) is 0 Å². The molecule has 2 fully saturated rings. The summed E-state index contributed by atoms with van der Waals surface area (Å²) in [6.45, 7) is 4.43. The molecule has 1 aromatic heterocycles. The predicted molar refractivity (Wildman–Crippen MR) is 126 cm³/mol. The number of anilines is 1. The lowest BCUT2D eigenvalue weighted by molar-refractivity contribution is -0.136. The van der Waals surface area contributed by atoms with E-state index in [2.05, 4.69) is 5.16 Å². The highest BCUT2D eigenvalue weighted by Gasteiger charge is 2.40. The topological polar surface area (TPSA) is 104 Å². The summed E-state index contributed by atoms with van der Waals surface area (Å²) in [5, 5.41) is 5.77. The van der Waals surface area contributed by atoms with Gasteiger partial charge in [0.05, 0.1) is 11.6 Å². The second kappa shape index (κ2) is 8.52. The molecule has 2 aliphatic heterocycles. The Morgan fingerprint density at radius 2 is 1.74 bits per heavy atom. The number of nitrogens with zero attached hydrogens (tertiary/aromatic N) is 4. The zero-order chi connectivity index (χ0) is 24.0. The van der Waals surface area contributed by atoms with E-state index in [0.29, 0.717) is 12.2 Å². The Morgan fingerprint density at radius 3 is 2.44 bits per heavy atom. The number of amides is 2. The fourth-order valence-corrected chi connectivity index (χ4v) is 6.64. The second-order valence-electron chi connectivity index (χ2n) is 8.79. The summed E-state index contributed by atoms with van der Waals surface area (Å²) in [5.74, 6) is -0.369. The highest BCUT2D eigenvalue weighted by molar-refractivity contribution is 7.89. The molecule has 34 heavy (non-hydrogen) atoms. The highest BCUT2D eigenvalue weighted by Crippen LogP contribution is 2.32. The van der Waals surface area contributed by atoms with E-state index in [1.165, 1.54) is 4.31 Å². The van der Waals surface area contributed by atoms with E-state index in [9.17, 15) is 18.0 Å². The van der Waals surface area contributed by atoms with Gasteiger partial charge in [-0.2, -0.15) is 4.31 Å². The van der Waals surface area contributed by atoms with Crippen LogP contribution in [0.1, 0.15) is 17.9 Å². The Morgan fingerprint density at radius 1 is 1.03 bits per heavy atom. The average molecular weight is 483 g/mol. The lowest BCUT2D eigenvalue weighted by atomic mass is 10.1. The molecule has 2 aromatic carbocycles. The normalized spacial score (nSPS) is 19.8. The molecule has 3 aromatic rings. The first-order chi connectivity index (χ1) is 16.3. The molecule has 0 N–H and O–H groups in total. The SMILES string of the molecule is Cc1noc(C)c1S(=O)(=O)N1CCN(C(=O)[C@H]2CC(=O)N(c3cccc4ccccc34)C2)CC1. The van der Waals surface area contributed by atoms with E-state index >= 15 is 0 Å². The summed E-state index contributed by atoms with van der Waals surface area (Å²) < 4.78 is 32.5. The van der Waals surface area contributed by atoms with E-state index in [0.717, 1.165) is 16.5 Å². The van der Waals surface area contributed by atoms with Crippen LogP contribution in [0.15, 0.2) is 51.9 Å². The fourth-order valence-electron chi connectivity index (χ4n) is 4.93. The Hall–Kier alpha value is -3.24. The Kier molecular flexibility index (Phi) is 5.65. The van der Waals surface area contributed by atoms with Gasteiger partial charge in [-0.25, -0.2) is 8.42 Å². The number of aromatic nitrogens is 1. The molecule has 2 amide bonds. The van der Waals surface area contributed by atoms with Gasteiger partial charge in [-0.05, 0) is 25.3 Å². The van der Waals surface area contributed by atoms with Crippen LogP contribution in [-0.4, -0.2) is 67.3 Å². The number of fused-ring (bicyclic) bond motifs is 1. The van der Waals surface area contributed by atoms with Crippen LogP contribution in [0, 0.1) is 19.8 Å². The monoisotopic (exact) mass is 482 g/mol. The van der Waals surface area contributed by atoms with Crippen molar-refractivity contribution in [2.75, 3.05) is 37.6 Å². The van der Waals surface area contributed by atoms with Crippen LogP contribution >= 0.6 is 0 Å². The van der Waals surface area contributed by atoms with Crippen LogP contribution in [0.25, 0.3) is 10.8 Å². The number of sulfonamides is 1. The van der Waals surface area contributed by atoms with Gasteiger partial charge in [0.1, 0.15) is 10.6 Å². The van der Waals surface area contributed by atoms with Crippen molar-refractivity contribution < 1.29 is 22.5 Å². The van der Waals surface area contributed by atoms with E-state index < -0.39 is 15.9 Å². The van der Waals surface area contributed by atoms with Crippen LogP contribution in [0.3, 0.4) is 0 Å². The number of rotatable bonds is 4. The predicted octanol–water partition coefficient (Wildman–Crippen LogP) is 2.33. The summed E-state index contributed by atoms with van der Waals surface area (Å²) in [6.07, 6.45) is 0.152. The largest absolute Gasteiger partial charge is 0.360 e. The third kappa shape index (κ3) is 3.76. The highest BCUT2D eigenvalue weighted by atomic mass is 32.2. The number of carbonyl (C=O) groups is 2.